The molecular weight excluding hydrogens is 318 g/mol. The number of aryl methyl sites for hydroxylation is 1. The summed E-state index contributed by atoms with van der Waals surface area (Å²) in [5.41, 5.74) is 1.43. The van der Waals surface area contributed by atoms with Crippen LogP contribution in [0.15, 0.2) is 37.1 Å². The Morgan fingerprint density at radius 3 is 2.84 bits per heavy atom. The molecule has 0 bridgehead atoms. The molecule has 1 fully saturated rings. The number of hydrogen-bond acceptors (Lipinski definition) is 6. The summed E-state index contributed by atoms with van der Waals surface area (Å²) in [5.74, 6) is 0.846. The highest BCUT2D eigenvalue weighted by Crippen LogP contribution is 2.25. The van der Waals surface area contributed by atoms with Crippen LogP contribution in [0.5, 0.6) is 0 Å². The zero-order valence-corrected chi connectivity index (χ0v) is 14.0. The van der Waals surface area contributed by atoms with Crippen LogP contribution in [0.2, 0.25) is 0 Å². The Hall–Kier alpha value is -3.03. The van der Waals surface area contributed by atoms with Gasteiger partial charge < -0.3 is 10.2 Å². The number of hydrogen-bond donors (Lipinski definition) is 1. The summed E-state index contributed by atoms with van der Waals surface area (Å²) in [7, 11) is 1.87. The normalized spacial score (nSPS) is 15.5. The van der Waals surface area contributed by atoms with Gasteiger partial charge in [0.2, 0.25) is 0 Å². The summed E-state index contributed by atoms with van der Waals surface area (Å²) in [6.45, 7) is 1.66. The maximum absolute atomic E-state index is 12.2. The first-order valence-corrected chi connectivity index (χ1v) is 8.31. The van der Waals surface area contributed by atoms with Crippen molar-refractivity contribution in [3.63, 3.8) is 0 Å². The van der Waals surface area contributed by atoms with E-state index in [0.717, 1.165) is 42.8 Å². The van der Waals surface area contributed by atoms with E-state index in [9.17, 15) is 4.79 Å². The number of piperidine rings is 1. The number of rotatable bonds is 3. The first-order chi connectivity index (χ1) is 12.2. The van der Waals surface area contributed by atoms with E-state index < -0.39 is 0 Å². The number of anilines is 1. The number of nitrogens with zero attached hydrogens (tertiary/aromatic N) is 6. The van der Waals surface area contributed by atoms with Crippen LogP contribution in [0.3, 0.4) is 0 Å². The number of amides is 1. The molecule has 25 heavy (non-hydrogen) atoms. The first-order valence-electron chi connectivity index (χ1n) is 8.31. The van der Waals surface area contributed by atoms with Gasteiger partial charge in [0.25, 0.3) is 5.91 Å². The van der Waals surface area contributed by atoms with Gasteiger partial charge in [-0.05, 0) is 25.0 Å². The number of carbonyl (C=O) groups is 1. The first kappa shape index (κ1) is 15.5. The van der Waals surface area contributed by atoms with Gasteiger partial charge in [-0.3, -0.25) is 14.5 Å². The highest BCUT2D eigenvalue weighted by molar-refractivity contribution is 5.94. The molecule has 4 heterocycles. The molecule has 1 N–H and O–H groups in total. The lowest BCUT2D eigenvalue weighted by atomic mass is 10.0. The van der Waals surface area contributed by atoms with Crippen LogP contribution in [0, 0.1) is 0 Å². The minimum absolute atomic E-state index is 0.0664. The summed E-state index contributed by atoms with van der Waals surface area (Å²) < 4.78 is 1.75. The van der Waals surface area contributed by atoms with Crippen LogP contribution in [-0.4, -0.2) is 49.8 Å². The van der Waals surface area contributed by atoms with E-state index in [1.165, 1.54) is 0 Å². The Kier molecular flexibility index (Phi) is 4.01. The van der Waals surface area contributed by atoms with Crippen molar-refractivity contribution in [1.82, 2.24) is 30.0 Å². The lowest BCUT2D eigenvalue weighted by Gasteiger charge is -2.33. The summed E-state index contributed by atoms with van der Waals surface area (Å²) in [6.07, 6.45) is 8.38. The highest BCUT2D eigenvalue weighted by Gasteiger charge is 2.23. The van der Waals surface area contributed by atoms with Crippen LogP contribution in [0.4, 0.5) is 5.82 Å². The van der Waals surface area contributed by atoms with Gasteiger partial charge in [-0.2, -0.15) is 5.10 Å². The van der Waals surface area contributed by atoms with Gasteiger partial charge in [0.15, 0.2) is 5.65 Å². The summed E-state index contributed by atoms with van der Waals surface area (Å²) in [4.78, 5) is 27.2. The summed E-state index contributed by atoms with van der Waals surface area (Å²) >= 11 is 0. The van der Waals surface area contributed by atoms with Crippen LogP contribution >= 0.6 is 0 Å². The van der Waals surface area contributed by atoms with Gasteiger partial charge in [0.1, 0.15) is 12.1 Å². The van der Waals surface area contributed by atoms with Gasteiger partial charge >= 0.3 is 0 Å². The Morgan fingerprint density at radius 2 is 2.08 bits per heavy atom. The zero-order valence-electron chi connectivity index (χ0n) is 14.0. The summed E-state index contributed by atoms with van der Waals surface area (Å²) in [5, 5.41) is 8.32. The van der Waals surface area contributed by atoms with Crippen LogP contribution in [-0.2, 0) is 7.05 Å². The Morgan fingerprint density at radius 1 is 1.24 bits per heavy atom. The zero-order chi connectivity index (χ0) is 17.2. The number of carbonyl (C=O) groups excluding carboxylic acids is 1. The van der Waals surface area contributed by atoms with Gasteiger partial charge in [-0.1, -0.05) is 0 Å². The average molecular weight is 337 g/mol. The van der Waals surface area contributed by atoms with Crippen molar-refractivity contribution in [2.75, 3.05) is 18.0 Å². The molecule has 8 nitrogen and oxygen atoms in total. The van der Waals surface area contributed by atoms with Crippen molar-refractivity contribution in [3.8, 4) is 0 Å². The third-order valence-electron chi connectivity index (χ3n) is 4.56. The molecule has 4 rings (SSSR count). The maximum atomic E-state index is 12.2. The molecule has 1 saturated heterocycles. The lowest BCUT2D eigenvalue weighted by molar-refractivity contribution is 0.0930. The minimum atomic E-state index is -0.0664. The smallest absolute Gasteiger partial charge is 0.253 e. The van der Waals surface area contributed by atoms with Gasteiger partial charge in [-0.15, -0.1) is 0 Å². The van der Waals surface area contributed by atoms with Crippen LogP contribution in [0.1, 0.15) is 23.2 Å². The van der Waals surface area contributed by atoms with Crippen LogP contribution < -0.4 is 10.2 Å². The molecule has 0 radical (unpaired) electrons. The van der Waals surface area contributed by atoms with Gasteiger partial charge in [0, 0.05) is 38.6 Å². The van der Waals surface area contributed by atoms with Crippen molar-refractivity contribution >= 4 is 22.8 Å². The van der Waals surface area contributed by atoms with Crippen LogP contribution in [0.25, 0.3) is 11.0 Å². The van der Waals surface area contributed by atoms with Crippen molar-refractivity contribution in [3.05, 3.63) is 42.6 Å². The molecule has 0 unspecified atom stereocenters. The molecule has 0 saturated carbocycles. The van der Waals surface area contributed by atoms with E-state index in [1.54, 1.807) is 41.7 Å². The number of fused-ring (bicyclic) bond motifs is 1. The second-order valence-electron chi connectivity index (χ2n) is 6.18. The van der Waals surface area contributed by atoms with E-state index in [0.29, 0.717) is 5.56 Å². The largest absolute Gasteiger partial charge is 0.356 e. The SMILES string of the molecule is Cn1ncc2c(N3CCC(NC(=O)c4cccnc4)CC3)ncnc21. The van der Waals surface area contributed by atoms with E-state index in [4.69, 9.17) is 0 Å². The predicted octanol–water partition coefficient (Wildman–Crippen LogP) is 1.16. The molecule has 1 aliphatic heterocycles. The molecule has 0 spiro atoms. The fraction of sp³-hybridized carbons (Fsp3) is 0.353. The van der Waals surface area contributed by atoms with E-state index in [1.807, 2.05) is 7.05 Å². The van der Waals surface area contributed by atoms with Crippen molar-refractivity contribution in [2.24, 2.45) is 7.05 Å². The fourth-order valence-electron chi connectivity index (χ4n) is 3.20. The topological polar surface area (TPSA) is 88.8 Å². The number of nitrogens with one attached hydrogen (secondary N) is 1. The van der Waals surface area contributed by atoms with Crippen molar-refractivity contribution < 1.29 is 4.79 Å². The third kappa shape index (κ3) is 3.02. The molecule has 3 aromatic rings. The molecule has 3 aromatic heterocycles. The molecule has 0 aliphatic carbocycles. The van der Waals surface area contributed by atoms with E-state index >= 15 is 0 Å². The molecule has 8 heteroatoms. The molecule has 0 atom stereocenters. The number of pyridine rings is 1. The Bertz CT molecular complexity index is 884. The minimum Gasteiger partial charge on any atom is -0.356 e. The number of aromatic nitrogens is 5. The third-order valence-corrected chi connectivity index (χ3v) is 4.56. The van der Waals surface area contributed by atoms with Crippen molar-refractivity contribution in [2.45, 2.75) is 18.9 Å². The molecular formula is C17H19N7O. The monoisotopic (exact) mass is 337 g/mol. The van der Waals surface area contributed by atoms with Gasteiger partial charge in [0.05, 0.1) is 17.1 Å². The Balaban J connectivity index is 1.42. The van der Waals surface area contributed by atoms with E-state index in [2.05, 4.69) is 30.3 Å². The average Bonchev–Trinajstić information content (AvgIpc) is 3.04. The fourth-order valence-corrected chi connectivity index (χ4v) is 3.20. The molecule has 1 aliphatic rings. The Labute approximate surface area is 144 Å². The highest BCUT2D eigenvalue weighted by atomic mass is 16.1. The van der Waals surface area contributed by atoms with E-state index in [-0.39, 0.29) is 11.9 Å². The molecule has 1 amide bonds. The molecule has 0 aromatic carbocycles. The molecule has 128 valence electrons. The second kappa shape index (κ2) is 6.46. The lowest BCUT2D eigenvalue weighted by Crippen LogP contribution is -2.45. The summed E-state index contributed by atoms with van der Waals surface area (Å²) in [6, 6.07) is 3.71. The van der Waals surface area contributed by atoms with Gasteiger partial charge in [-0.25, -0.2) is 9.97 Å². The van der Waals surface area contributed by atoms with Crippen molar-refractivity contribution in [1.29, 1.82) is 0 Å². The quantitative estimate of drug-likeness (QED) is 0.771. The standard InChI is InChI=1S/C17H19N7O/c1-23-15-14(10-21-23)16(20-11-19-15)24-7-4-13(5-8-24)22-17(25)12-3-2-6-18-9-12/h2-3,6,9-11,13H,4-5,7-8H2,1H3,(H,22,25). The maximum Gasteiger partial charge on any atom is 0.253 e. The second-order valence-corrected chi connectivity index (χ2v) is 6.18. The predicted molar refractivity (Wildman–Crippen MR) is 93.2 cm³/mol.